The van der Waals surface area contributed by atoms with E-state index in [9.17, 15) is 27.5 Å². The van der Waals surface area contributed by atoms with Crippen LogP contribution in [0.15, 0.2) is 59.7 Å². The molecule has 3 aromatic heterocycles. The van der Waals surface area contributed by atoms with E-state index in [4.69, 9.17) is 0 Å². The highest BCUT2D eigenvalue weighted by Crippen LogP contribution is 2.34. The molecule has 0 saturated heterocycles. The van der Waals surface area contributed by atoms with E-state index in [1.165, 1.54) is 42.6 Å². The van der Waals surface area contributed by atoms with Crippen LogP contribution in [-0.4, -0.2) is 24.6 Å². The Labute approximate surface area is 185 Å². The van der Waals surface area contributed by atoms with Gasteiger partial charge in [0.25, 0.3) is 5.56 Å². The third-order valence-corrected chi connectivity index (χ3v) is 5.33. The van der Waals surface area contributed by atoms with E-state index < -0.39 is 34.7 Å². The lowest BCUT2D eigenvalue weighted by molar-refractivity contribution is -0.139. The van der Waals surface area contributed by atoms with Gasteiger partial charge in [0, 0.05) is 18.4 Å². The van der Waals surface area contributed by atoms with Crippen LogP contribution in [0.2, 0.25) is 0 Å². The molecule has 33 heavy (non-hydrogen) atoms. The molecule has 1 unspecified atom stereocenters. The van der Waals surface area contributed by atoms with Crippen LogP contribution in [0, 0.1) is 5.82 Å². The predicted octanol–water partition coefficient (Wildman–Crippen LogP) is 4.91. The van der Waals surface area contributed by atoms with Crippen molar-refractivity contribution in [1.29, 1.82) is 0 Å². The molecule has 10 heteroatoms. The van der Waals surface area contributed by atoms with E-state index in [0.29, 0.717) is 0 Å². The first kappa shape index (κ1) is 22.4. The average Bonchev–Trinajstić information content (AvgIpc) is 2.78. The van der Waals surface area contributed by atoms with E-state index >= 15 is 0 Å². The minimum Gasteiger partial charge on any atom is -0.506 e. The van der Waals surface area contributed by atoms with Crippen molar-refractivity contribution in [3.63, 3.8) is 0 Å². The second-order valence-corrected chi connectivity index (χ2v) is 7.39. The Morgan fingerprint density at radius 2 is 1.82 bits per heavy atom. The number of benzene rings is 1. The lowest BCUT2D eigenvalue weighted by Crippen LogP contribution is -2.31. The number of hydrogen-bond donors (Lipinski definition) is 1. The quantitative estimate of drug-likeness (QED) is 0.430. The second kappa shape index (κ2) is 8.61. The third-order valence-electron chi connectivity index (χ3n) is 5.33. The maximum atomic E-state index is 14.3. The summed E-state index contributed by atoms with van der Waals surface area (Å²) in [5.41, 5.74) is -2.38. The lowest BCUT2D eigenvalue weighted by Gasteiger charge is -2.23. The number of aromatic nitrogens is 4. The van der Waals surface area contributed by atoms with Crippen molar-refractivity contribution in [1.82, 2.24) is 19.5 Å². The van der Waals surface area contributed by atoms with E-state index in [0.717, 1.165) is 10.8 Å². The first-order chi connectivity index (χ1) is 15.7. The summed E-state index contributed by atoms with van der Waals surface area (Å²) in [6.45, 7) is 1.72. The van der Waals surface area contributed by atoms with Gasteiger partial charge >= 0.3 is 6.18 Å². The molecule has 0 aliphatic heterocycles. The van der Waals surface area contributed by atoms with Gasteiger partial charge in [-0.1, -0.05) is 25.1 Å². The molecule has 0 bridgehead atoms. The van der Waals surface area contributed by atoms with Crippen LogP contribution in [0.5, 0.6) is 5.75 Å². The van der Waals surface area contributed by atoms with Gasteiger partial charge < -0.3 is 5.11 Å². The van der Waals surface area contributed by atoms with Crippen LogP contribution in [0.4, 0.5) is 17.6 Å². The zero-order valence-corrected chi connectivity index (χ0v) is 17.3. The van der Waals surface area contributed by atoms with Crippen LogP contribution in [0.1, 0.15) is 30.6 Å². The molecule has 0 spiro atoms. The molecule has 0 radical (unpaired) electrons. The number of halogens is 4. The Balaban J connectivity index is 2.06. The standard InChI is InChI=1S/C23H18F4N4O2/c1-2-14(12-13-6-3-4-7-15(13)24)31-21(19-17(32)8-5-10-28-19)30-16-9-11-29-20(23(25,26)27)18(16)22(31)33/h3-11,14,32H,2,12H2,1H3. The zero-order chi connectivity index (χ0) is 23.8. The fourth-order valence-corrected chi connectivity index (χ4v) is 3.77. The van der Waals surface area contributed by atoms with Crippen molar-refractivity contribution < 1.29 is 22.7 Å². The molecule has 0 aliphatic rings. The highest BCUT2D eigenvalue weighted by molar-refractivity contribution is 5.82. The SMILES string of the molecule is CCC(Cc1ccccc1F)n1c(-c2ncccc2O)nc2ccnc(C(F)(F)F)c2c1=O. The van der Waals surface area contributed by atoms with Gasteiger partial charge in [-0.05, 0) is 42.7 Å². The first-order valence-electron chi connectivity index (χ1n) is 10.1. The normalized spacial score (nSPS) is 12.8. The van der Waals surface area contributed by atoms with Crippen LogP contribution in [0.25, 0.3) is 22.4 Å². The van der Waals surface area contributed by atoms with Gasteiger partial charge in [0.1, 0.15) is 17.3 Å². The molecule has 3 heterocycles. The van der Waals surface area contributed by atoms with E-state index in [1.807, 2.05) is 0 Å². The molecular formula is C23H18F4N4O2. The summed E-state index contributed by atoms with van der Waals surface area (Å²) in [5.74, 6) is -0.922. The molecule has 170 valence electrons. The van der Waals surface area contributed by atoms with Crippen molar-refractivity contribution in [3.8, 4) is 17.3 Å². The molecule has 1 atom stereocenters. The Morgan fingerprint density at radius 3 is 2.48 bits per heavy atom. The van der Waals surface area contributed by atoms with Crippen LogP contribution in [0.3, 0.4) is 0 Å². The van der Waals surface area contributed by atoms with Gasteiger partial charge in [-0.2, -0.15) is 13.2 Å². The van der Waals surface area contributed by atoms with Crippen LogP contribution >= 0.6 is 0 Å². The molecule has 6 nitrogen and oxygen atoms in total. The topological polar surface area (TPSA) is 80.9 Å². The molecule has 4 aromatic rings. The van der Waals surface area contributed by atoms with E-state index in [2.05, 4.69) is 15.0 Å². The van der Waals surface area contributed by atoms with Crippen molar-refractivity contribution in [2.45, 2.75) is 32.0 Å². The van der Waals surface area contributed by atoms with E-state index in [-0.39, 0.29) is 41.2 Å². The third kappa shape index (κ3) is 4.15. The van der Waals surface area contributed by atoms with Gasteiger partial charge in [-0.3, -0.25) is 14.3 Å². The van der Waals surface area contributed by atoms with Gasteiger partial charge in [0.2, 0.25) is 0 Å². The number of rotatable bonds is 5. The minimum atomic E-state index is -4.89. The average molecular weight is 458 g/mol. The van der Waals surface area contributed by atoms with Gasteiger partial charge in [-0.25, -0.2) is 14.4 Å². The minimum absolute atomic E-state index is 0.0124. The highest BCUT2D eigenvalue weighted by atomic mass is 19.4. The fourth-order valence-electron chi connectivity index (χ4n) is 3.77. The molecule has 4 rings (SSSR count). The molecule has 1 aromatic carbocycles. The summed E-state index contributed by atoms with van der Waals surface area (Å²) in [6, 6.07) is 9.16. The van der Waals surface area contributed by atoms with Crippen LogP contribution in [-0.2, 0) is 12.6 Å². The summed E-state index contributed by atoms with van der Waals surface area (Å²) in [6.07, 6.45) is -2.33. The summed E-state index contributed by atoms with van der Waals surface area (Å²) in [5, 5.41) is 9.66. The Kier molecular flexibility index (Phi) is 5.84. The highest BCUT2D eigenvalue weighted by Gasteiger charge is 2.37. The smallest absolute Gasteiger partial charge is 0.434 e. The molecule has 0 saturated carbocycles. The Hall–Kier alpha value is -3.82. The maximum absolute atomic E-state index is 14.3. The van der Waals surface area contributed by atoms with E-state index in [1.54, 1.807) is 13.0 Å². The summed E-state index contributed by atoms with van der Waals surface area (Å²) in [4.78, 5) is 25.3. The van der Waals surface area contributed by atoms with Gasteiger partial charge in [0.15, 0.2) is 11.5 Å². The summed E-state index contributed by atoms with van der Waals surface area (Å²) < 4.78 is 56.4. The summed E-state index contributed by atoms with van der Waals surface area (Å²) >= 11 is 0. The van der Waals surface area contributed by atoms with Gasteiger partial charge in [-0.15, -0.1) is 0 Å². The molecule has 0 amide bonds. The number of alkyl halides is 3. The first-order valence-corrected chi connectivity index (χ1v) is 10.1. The zero-order valence-electron chi connectivity index (χ0n) is 17.3. The van der Waals surface area contributed by atoms with Crippen molar-refractivity contribution >= 4 is 10.9 Å². The van der Waals surface area contributed by atoms with Crippen molar-refractivity contribution in [3.05, 3.63) is 82.3 Å². The van der Waals surface area contributed by atoms with Crippen molar-refractivity contribution in [2.24, 2.45) is 0 Å². The van der Waals surface area contributed by atoms with Gasteiger partial charge in [0.05, 0.1) is 10.9 Å². The number of hydrogen-bond acceptors (Lipinski definition) is 5. The molecule has 1 N–H and O–H groups in total. The second-order valence-electron chi connectivity index (χ2n) is 7.39. The summed E-state index contributed by atoms with van der Waals surface area (Å²) in [7, 11) is 0. The number of aromatic hydroxyl groups is 1. The molecule has 0 aliphatic carbocycles. The Morgan fingerprint density at radius 1 is 1.06 bits per heavy atom. The monoisotopic (exact) mass is 458 g/mol. The lowest BCUT2D eigenvalue weighted by atomic mass is 10.0. The maximum Gasteiger partial charge on any atom is 0.434 e. The number of pyridine rings is 2. The predicted molar refractivity (Wildman–Crippen MR) is 113 cm³/mol. The fraction of sp³-hybridized carbons (Fsp3) is 0.217. The Bertz CT molecular complexity index is 1390. The molecule has 0 fully saturated rings. The number of nitrogens with zero attached hydrogens (tertiary/aromatic N) is 4. The number of fused-ring (bicyclic) bond motifs is 1. The van der Waals surface area contributed by atoms with Crippen molar-refractivity contribution in [2.75, 3.05) is 0 Å². The largest absolute Gasteiger partial charge is 0.506 e. The molecular weight excluding hydrogens is 440 g/mol. The van der Waals surface area contributed by atoms with Crippen LogP contribution < -0.4 is 5.56 Å².